The van der Waals surface area contributed by atoms with Crippen molar-refractivity contribution >= 4 is 17.7 Å². The molecular formula is C17H23NO6. The molecule has 1 heterocycles. The summed E-state index contributed by atoms with van der Waals surface area (Å²) in [5, 5.41) is 0. The molecule has 0 spiro atoms. The third-order valence-electron chi connectivity index (χ3n) is 4.28. The first-order valence-electron chi connectivity index (χ1n) is 8.22. The predicted molar refractivity (Wildman–Crippen MR) is 83.2 cm³/mol. The number of nitrogens with zero attached hydrogens (tertiary/aromatic N) is 1. The Morgan fingerprint density at radius 3 is 2.54 bits per heavy atom. The zero-order chi connectivity index (χ0) is 17.5. The van der Waals surface area contributed by atoms with Crippen molar-refractivity contribution in [1.29, 1.82) is 0 Å². The molecule has 1 aliphatic rings. The molecule has 0 atom stereocenters. The molecule has 1 aromatic heterocycles. The molecule has 7 nitrogen and oxygen atoms in total. The zero-order valence-corrected chi connectivity index (χ0v) is 14.1. The third kappa shape index (κ3) is 4.91. The minimum Gasteiger partial charge on any atom is -0.469 e. The summed E-state index contributed by atoms with van der Waals surface area (Å²) in [5.41, 5.74) is 0.553. The lowest BCUT2D eigenvalue weighted by atomic mass is 9.79. The summed E-state index contributed by atoms with van der Waals surface area (Å²) in [6.45, 7) is 2.01. The topological polar surface area (TPSA) is 95.7 Å². The molecule has 24 heavy (non-hydrogen) atoms. The molecule has 1 aromatic rings. The van der Waals surface area contributed by atoms with Gasteiger partial charge in [-0.2, -0.15) is 0 Å². The maximum atomic E-state index is 12.1. The van der Waals surface area contributed by atoms with E-state index < -0.39 is 5.97 Å². The third-order valence-corrected chi connectivity index (χ3v) is 4.28. The van der Waals surface area contributed by atoms with Crippen molar-refractivity contribution in [2.24, 2.45) is 5.92 Å². The average molecular weight is 337 g/mol. The molecule has 0 saturated heterocycles. The number of Topliss-reactive ketones (excluding diaryl/α,β-unsaturated/α-hetero) is 1. The molecule has 0 N–H and O–H groups in total. The van der Waals surface area contributed by atoms with E-state index in [9.17, 15) is 14.4 Å². The minimum absolute atomic E-state index is 0.0503. The lowest BCUT2D eigenvalue weighted by molar-refractivity contribution is -0.146. The quantitative estimate of drug-likeness (QED) is 0.556. The normalized spacial score (nSPS) is 20.4. The number of carbonyl (C=O) groups is 3. The summed E-state index contributed by atoms with van der Waals surface area (Å²) in [7, 11) is 1.33. The van der Waals surface area contributed by atoms with Crippen LogP contribution in [0.4, 0.5) is 0 Å². The van der Waals surface area contributed by atoms with E-state index in [4.69, 9.17) is 9.15 Å². The number of esters is 2. The second kappa shape index (κ2) is 8.61. The molecule has 2 rings (SSSR count). The number of aromatic nitrogens is 1. The maximum absolute atomic E-state index is 12.1. The van der Waals surface area contributed by atoms with Gasteiger partial charge >= 0.3 is 11.9 Å². The maximum Gasteiger partial charge on any atom is 0.313 e. The molecule has 1 aliphatic carbocycles. The van der Waals surface area contributed by atoms with Gasteiger partial charge in [0.05, 0.1) is 25.8 Å². The van der Waals surface area contributed by atoms with E-state index in [1.807, 2.05) is 0 Å². The first-order valence-corrected chi connectivity index (χ1v) is 8.22. The number of methoxy groups -OCH3 is 1. The molecule has 1 fully saturated rings. The number of ketones is 1. The van der Waals surface area contributed by atoms with Gasteiger partial charge in [-0.1, -0.05) is 0 Å². The minimum atomic E-state index is -0.454. The van der Waals surface area contributed by atoms with E-state index in [2.05, 4.69) is 9.72 Å². The second-order valence-corrected chi connectivity index (χ2v) is 5.93. The summed E-state index contributed by atoms with van der Waals surface area (Å²) in [6, 6.07) is 0. The van der Waals surface area contributed by atoms with Crippen LogP contribution in [0.1, 0.15) is 56.5 Å². The lowest BCUT2D eigenvalue weighted by Crippen LogP contribution is -2.24. The SMILES string of the molecule is CCOC(=O)CC(=O)C1CCC(c2nc(CC(=O)OC)co2)CC1. The summed E-state index contributed by atoms with van der Waals surface area (Å²) < 4.78 is 14.9. The Morgan fingerprint density at radius 2 is 1.92 bits per heavy atom. The van der Waals surface area contributed by atoms with Crippen LogP contribution >= 0.6 is 0 Å². The standard InChI is InChI=1S/C17H23NO6/c1-3-23-16(21)9-14(19)11-4-6-12(7-5-11)17-18-13(10-24-17)8-15(20)22-2/h10-12H,3-9H2,1-2H3. The fourth-order valence-electron chi connectivity index (χ4n) is 2.97. The monoisotopic (exact) mass is 337 g/mol. The molecule has 0 radical (unpaired) electrons. The molecule has 132 valence electrons. The van der Waals surface area contributed by atoms with Gasteiger partial charge in [0.1, 0.15) is 18.5 Å². The first kappa shape index (κ1) is 18.2. The van der Waals surface area contributed by atoms with E-state index in [0.29, 0.717) is 24.4 Å². The van der Waals surface area contributed by atoms with E-state index in [1.165, 1.54) is 13.4 Å². The van der Waals surface area contributed by atoms with Crippen LogP contribution in [0.15, 0.2) is 10.7 Å². The van der Waals surface area contributed by atoms with Crippen LogP contribution in [0.2, 0.25) is 0 Å². The van der Waals surface area contributed by atoms with Crippen molar-refractivity contribution < 1.29 is 28.3 Å². The number of hydrogen-bond donors (Lipinski definition) is 0. The summed E-state index contributed by atoms with van der Waals surface area (Å²) in [4.78, 5) is 39.1. The smallest absolute Gasteiger partial charge is 0.313 e. The van der Waals surface area contributed by atoms with Crippen molar-refractivity contribution in [3.63, 3.8) is 0 Å². The Labute approximate surface area is 140 Å². The fourth-order valence-corrected chi connectivity index (χ4v) is 2.97. The Hall–Kier alpha value is -2.18. The van der Waals surface area contributed by atoms with Crippen molar-refractivity contribution in [2.75, 3.05) is 13.7 Å². The van der Waals surface area contributed by atoms with Gasteiger partial charge < -0.3 is 13.9 Å². The molecule has 0 aromatic carbocycles. The molecular weight excluding hydrogens is 314 g/mol. The van der Waals surface area contributed by atoms with Gasteiger partial charge in [0.25, 0.3) is 0 Å². The molecule has 0 aliphatic heterocycles. The van der Waals surface area contributed by atoms with Crippen molar-refractivity contribution in [3.05, 3.63) is 17.8 Å². The van der Waals surface area contributed by atoms with Gasteiger partial charge in [-0.3, -0.25) is 14.4 Å². The van der Waals surface area contributed by atoms with Crippen LogP contribution in [0.5, 0.6) is 0 Å². The van der Waals surface area contributed by atoms with Gasteiger partial charge in [0.15, 0.2) is 5.89 Å². The molecule has 1 saturated carbocycles. The highest BCUT2D eigenvalue weighted by Gasteiger charge is 2.30. The van der Waals surface area contributed by atoms with Gasteiger partial charge in [-0.05, 0) is 32.6 Å². The van der Waals surface area contributed by atoms with Crippen LogP contribution in [0.25, 0.3) is 0 Å². The Balaban J connectivity index is 1.83. The number of hydrogen-bond acceptors (Lipinski definition) is 7. The Morgan fingerprint density at radius 1 is 1.21 bits per heavy atom. The number of rotatable bonds is 7. The molecule has 7 heteroatoms. The predicted octanol–water partition coefficient (Wildman–Crippen LogP) is 2.19. The molecule has 0 amide bonds. The summed E-state index contributed by atoms with van der Waals surface area (Å²) in [5.74, 6) is -0.220. The second-order valence-electron chi connectivity index (χ2n) is 5.93. The average Bonchev–Trinajstić information content (AvgIpc) is 3.03. The highest BCUT2D eigenvalue weighted by atomic mass is 16.5. The van der Waals surface area contributed by atoms with Gasteiger partial charge in [0.2, 0.25) is 0 Å². The van der Waals surface area contributed by atoms with Crippen LogP contribution in [-0.2, 0) is 30.3 Å². The highest BCUT2D eigenvalue weighted by molar-refractivity contribution is 5.96. The van der Waals surface area contributed by atoms with Crippen LogP contribution in [-0.4, -0.2) is 36.4 Å². The van der Waals surface area contributed by atoms with Gasteiger partial charge in [-0.25, -0.2) is 4.98 Å². The number of oxazole rings is 1. The van der Waals surface area contributed by atoms with Crippen LogP contribution in [0, 0.1) is 5.92 Å². The number of carbonyl (C=O) groups excluding carboxylic acids is 3. The Bertz CT molecular complexity index is 586. The first-order chi connectivity index (χ1) is 11.5. The number of ether oxygens (including phenoxy) is 2. The van der Waals surface area contributed by atoms with Crippen molar-refractivity contribution in [3.8, 4) is 0 Å². The fraction of sp³-hybridized carbons (Fsp3) is 0.647. The van der Waals surface area contributed by atoms with Gasteiger partial charge in [0, 0.05) is 11.8 Å². The highest BCUT2D eigenvalue weighted by Crippen LogP contribution is 2.36. The van der Waals surface area contributed by atoms with Crippen LogP contribution in [0.3, 0.4) is 0 Å². The lowest BCUT2D eigenvalue weighted by Gasteiger charge is -2.25. The van der Waals surface area contributed by atoms with Crippen molar-refractivity contribution in [1.82, 2.24) is 4.98 Å². The molecule has 0 unspecified atom stereocenters. The van der Waals surface area contributed by atoms with E-state index in [-0.39, 0.29) is 43.0 Å². The van der Waals surface area contributed by atoms with Crippen LogP contribution < -0.4 is 0 Å². The van der Waals surface area contributed by atoms with Crippen molar-refractivity contribution in [2.45, 2.75) is 51.4 Å². The Kier molecular flexibility index (Phi) is 6.52. The largest absolute Gasteiger partial charge is 0.469 e. The summed E-state index contributed by atoms with van der Waals surface area (Å²) in [6.07, 6.45) is 4.38. The van der Waals surface area contributed by atoms with Gasteiger partial charge in [-0.15, -0.1) is 0 Å². The zero-order valence-electron chi connectivity index (χ0n) is 14.1. The van der Waals surface area contributed by atoms with E-state index in [0.717, 1.165) is 12.8 Å². The molecule has 0 bridgehead atoms. The van der Waals surface area contributed by atoms with E-state index in [1.54, 1.807) is 6.92 Å². The van der Waals surface area contributed by atoms with E-state index >= 15 is 0 Å². The summed E-state index contributed by atoms with van der Waals surface area (Å²) >= 11 is 0.